The first-order chi connectivity index (χ1) is 19.7. The summed E-state index contributed by atoms with van der Waals surface area (Å²) < 4.78 is 34.5. The summed E-state index contributed by atoms with van der Waals surface area (Å²) in [4.78, 5) is 29.1. The van der Waals surface area contributed by atoms with Crippen LogP contribution in [0.4, 0.5) is 5.69 Å². The number of anilines is 1. The van der Waals surface area contributed by atoms with Crippen LogP contribution >= 0.6 is 0 Å². The van der Waals surface area contributed by atoms with E-state index in [2.05, 4.69) is 5.32 Å². The Hall–Kier alpha value is -3.85. The van der Waals surface area contributed by atoms with Crippen LogP contribution in [0, 0.1) is 0 Å². The predicted molar refractivity (Wildman–Crippen MR) is 160 cm³/mol. The second-order valence-electron chi connectivity index (χ2n) is 10.3. The monoisotopic (exact) mass is 577 g/mol. The van der Waals surface area contributed by atoms with Crippen LogP contribution in [0.2, 0.25) is 0 Å². The van der Waals surface area contributed by atoms with E-state index in [4.69, 9.17) is 4.74 Å². The number of carbonyl (C=O) groups is 2. The smallest absolute Gasteiger partial charge is 0.264 e. The first kappa shape index (κ1) is 30.1. The molecule has 1 saturated carbocycles. The fraction of sp³-hybridized carbons (Fsp3) is 0.375. The molecule has 0 aromatic heterocycles. The quantitative estimate of drug-likeness (QED) is 0.329. The Bertz CT molecular complexity index is 1440. The van der Waals surface area contributed by atoms with Crippen LogP contribution < -0.4 is 14.4 Å². The summed E-state index contributed by atoms with van der Waals surface area (Å²) >= 11 is 0. The van der Waals surface area contributed by atoms with Gasteiger partial charge >= 0.3 is 0 Å². The molecule has 1 atom stereocenters. The van der Waals surface area contributed by atoms with Gasteiger partial charge in [-0.1, -0.05) is 68.3 Å². The maximum absolute atomic E-state index is 14.2. The second kappa shape index (κ2) is 13.7. The van der Waals surface area contributed by atoms with Crippen LogP contribution in [-0.4, -0.2) is 50.9 Å². The van der Waals surface area contributed by atoms with Gasteiger partial charge in [0.2, 0.25) is 11.8 Å². The van der Waals surface area contributed by atoms with E-state index >= 15 is 0 Å². The molecular weight excluding hydrogens is 538 g/mol. The van der Waals surface area contributed by atoms with Crippen LogP contribution in [0.3, 0.4) is 0 Å². The molecule has 0 aliphatic heterocycles. The SMILES string of the molecule is CCc1ccccc1N(CC(=O)N(Cc1cccc(OC)c1)C(C)C(=O)NC1CCCC1)S(=O)(=O)c1ccccc1. The molecule has 1 unspecified atom stereocenters. The minimum atomic E-state index is -4.10. The lowest BCUT2D eigenvalue weighted by Crippen LogP contribution is -2.52. The maximum atomic E-state index is 14.2. The Morgan fingerprint density at radius 2 is 1.66 bits per heavy atom. The molecule has 1 aliphatic carbocycles. The first-order valence-corrected chi connectivity index (χ1v) is 15.6. The fourth-order valence-electron chi connectivity index (χ4n) is 5.23. The highest BCUT2D eigenvalue weighted by Crippen LogP contribution is 2.28. The van der Waals surface area contributed by atoms with Crippen molar-refractivity contribution in [1.82, 2.24) is 10.2 Å². The molecule has 1 N–H and O–H groups in total. The number of ether oxygens (including phenoxy) is 1. The van der Waals surface area contributed by atoms with Crippen LogP contribution in [0.25, 0.3) is 0 Å². The first-order valence-electron chi connectivity index (χ1n) is 14.1. The second-order valence-corrected chi connectivity index (χ2v) is 12.2. The lowest BCUT2D eigenvalue weighted by atomic mass is 10.1. The number of nitrogens with zero attached hydrogens (tertiary/aromatic N) is 2. The van der Waals surface area contributed by atoms with E-state index in [9.17, 15) is 18.0 Å². The standard InChI is InChI=1S/C32H39N3O5S/c1-4-26-14-8-11-20-30(26)35(41(38,39)29-18-6-5-7-19-29)23-31(36)34(22-25-13-12-17-28(21-25)40-3)24(2)32(37)33-27-15-9-10-16-27/h5-8,11-14,17-21,24,27H,4,9-10,15-16,22-23H2,1-3H3,(H,33,37). The van der Waals surface area contributed by atoms with Gasteiger partial charge in [0.15, 0.2) is 0 Å². The van der Waals surface area contributed by atoms with Crippen molar-refractivity contribution in [3.05, 3.63) is 90.0 Å². The van der Waals surface area contributed by atoms with Gasteiger partial charge in [-0.15, -0.1) is 0 Å². The molecular formula is C32H39N3O5S. The Balaban J connectivity index is 1.71. The van der Waals surface area contributed by atoms with Gasteiger partial charge in [0.1, 0.15) is 18.3 Å². The van der Waals surface area contributed by atoms with Gasteiger partial charge in [0.25, 0.3) is 10.0 Å². The molecule has 3 aromatic rings. The summed E-state index contributed by atoms with van der Waals surface area (Å²) in [5.41, 5.74) is 2.01. The zero-order valence-corrected chi connectivity index (χ0v) is 24.8. The number of methoxy groups -OCH3 is 1. The van der Waals surface area contributed by atoms with E-state index in [1.165, 1.54) is 21.3 Å². The molecule has 1 fully saturated rings. The summed E-state index contributed by atoms with van der Waals surface area (Å²) in [6.45, 7) is 3.29. The third-order valence-corrected chi connectivity index (χ3v) is 9.38. The van der Waals surface area contributed by atoms with Crippen molar-refractivity contribution in [3.8, 4) is 5.75 Å². The average Bonchev–Trinajstić information content (AvgIpc) is 3.51. The van der Waals surface area contributed by atoms with E-state index in [0.717, 1.165) is 36.8 Å². The highest BCUT2D eigenvalue weighted by atomic mass is 32.2. The van der Waals surface area contributed by atoms with Crippen molar-refractivity contribution in [2.24, 2.45) is 0 Å². The van der Waals surface area contributed by atoms with E-state index in [1.54, 1.807) is 44.4 Å². The zero-order valence-electron chi connectivity index (χ0n) is 24.0. The maximum Gasteiger partial charge on any atom is 0.264 e. The van der Waals surface area contributed by atoms with Crippen LogP contribution in [0.15, 0.2) is 83.8 Å². The average molecular weight is 578 g/mol. The van der Waals surface area contributed by atoms with Gasteiger partial charge in [-0.3, -0.25) is 13.9 Å². The molecule has 0 saturated heterocycles. The molecule has 8 nitrogen and oxygen atoms in total. The molecule has 0 bridgehead atoms. The van der Waals surface area contributed by atoms with Crippen molar-refractivity contribution in [2.75, 3.05) is 18.0 Å². The molecule has 9 heteroatoms. The Morgan fingerprint density at radius 1 is 0.976 bits per heavy atom. The van der Waals surface area contributed by atoms with Gasteiger partial charge in [-0.05, 0) is 67.6 Å². The van der Waals surface area contributed by atoms with Crippen LogP contribution in [0.5, 0.6) is 5.75 Å². The molecule has 218 valence electrons. The third kappa shape index (κ3) is 7.27. The zero-order chi connectivity index (χ0) is 29.4. The Morgan fingerprint density at radius 3 is 2.34 bits per heavy atom. The van der Waals surface area contributed by atoms with Gasteiger partial charge in [-0.2, -0.15) is 0 Å². The molecule has 1 aliphatic rings. The number of benzene rings is 3. The van der Waals surface area contributed by atoms with Crippen LogP contribution in [0.1, 0.15) is 50.7 Å². The Kier molecular flexibility index (Phi) is 10.0. The lowest BCUT2D eigenvalue weighted by molar-refractivity contribution is -0.139. The van der Waals surface area contributed by atoms with Crippen molar-refractivity contribution >= 4 is 27.5 Å². The predicted octanol–water partition coefficient (Wildman–Crippen LogP) is 4.93. The highest BCUT2D eigenvalue weighted by molar-refractivity contribution is 7.92. The molecule has 0 spiro atoms. The lowest BCUT2D eigenvalue weighted by Gasteiger charge is -2.33. The molecule has 41 heavy (non-hydrogen) atoms. The summed E-state index contributed by atoms with van der Waals surface area (Å²) in [5.74, 6) is -0.102. The van der Waals surface area contributed by atoms with Crippen LogP contribution in [-0.2, 0) is 32.6 Å². The topological polar surface area (TPSA) is 96.0 Å². The third-order valence-electron chi connectivity index (χ3n) is 7.61. The van der Waals surface area contributed by atoms with Gasteiger partial charge in [-0.25, -0.2) is 8.42 Å². The number of hydrogen-bond acceptors (Lipinski definition) is 5. The Labute approximate surface area is 243 Å². The van der Waals surface area contributed by atoms with E-state index < -0.39 is 28.5 Å². The number of para-hydroxylation sites is 1. The number of aryl methyl sites for hydroxylation is 1. The summed E-state index contributed by atoms with van der Waals surface area (Å²) in [6.07, 6.45) is 4.54. The largest absolute Gasteiger partial charge is 0.497 e. The number of hydrogen-bond donors (Lipinski definition) is 1. The number of sulfonamides is 1. The van der Waals surface area contributed by atoms with E-state index in [-0.39, 0.29) is 23.4 Å². The van der Waals surface area contributed by atoms with E-state index in [0.29, 0.717) is 17.9 Å². The van der Waals surface area contributed by atoms with Crippen molar-refractivity contribution < 1.29 is 22.7 Å². The normalized spacial score (nSPS) is 14.3. The summed E-state index contributed by atoms with van der Waals surface area (Å²) in [6, 6.07) is 21.9. The molecule has 3 aromatic carbocycles. The fourth-order valence-corrected chi connectivity index (χ4v) is 6.70. The van der Waals surface area contributed by atoms with Gasteiger partial charge < -0.3 is 15.0 Å². The number of carbonyl (C=O) groups excluding carboxylic acids is 2. The molecule has 0 heterocycles. The minimum absolute atomic E-state index is 0.0880. The van der Waals surface area contributed by atoms with Crippen molar-refractivity contribution in [3.63, 3.8) is 0 Å². The summed E-state index contributed by atoms with van der Waals surface area (Å²) in [5, 5.41) is 3.09. The molecule has 0 radical (unpaired) electrons. The molecule has 2 amide bonds. The van der Waals surface area contributed by atoms with Crippen molar-refractivity contribution in [2.45, 2.75) is 69.5 Å². The summed E-state index contributed by atoms with van der Waals surface area (Å²) in [7, 11) is -2.53. The number of nitrogens with one attached hydrogen (secondary N) is 1. The number of rotatable bonds is 12. The molecule has 4 rings (SSSR count). The van der Waals surface area contributed by atoms with Gasteiger partial charge in [0.05, 0.1) is 17.7 Å². The van der Waals surface area contributed by atoms with E-state index in [1.807, 2.05) is 43.3 Å². The number of amides is 2. The van der Waals surface area contributed by atoms with Crippen molar-refractivity contribution in [1.29, 1.82) is 0 Å². The minimum Gasteiger partial charge on any atom is -0.497 e. The highest BCUT2D eigenvalue weighted by Gasteiger charge is 2.34. The van der Waals surface area contributed by atoms with Gasteiger partial charge in [0, 0.05) is 12.6 Å².